The fourth-order valence-corrected chi connectivity index (χ4v) is 2.79. The molecule has 2 aromatic carbocycles. The lowest BCUT2D eigenvalue weighted by Crippen LogP contribution is -2.31. The van der Waals surface area contributed by atoms with Crippen LogP contribution in [0.5, 0.6) is 0 Å². The zero-order valence-electron chi connectivity index (χ0n) is 14.1. The van der Waals surface area contributed by atoms with Gasteiger partial charge in [-0.05, 0) is 36.2 Å². The average molecular weight is 337 g/mol. The van der Waals surface area contributed by atoms with Crippen LogP contribution in [0.25, 0.3) is 10.8 Å². The first-order chi connectivity index (χ1) is 12.1. The number of amides is 1. The zero-order chi connectivity index (χ0) is 17.8. The summed E-state index contributed by atoms with van der Waals surface area (Å²) in [7, 11) is 0. The highest BCUT2D eigenvalue weighted by Crippen LogP contribution is 2.23. The maximum atomic E-state index is 12.1. The molecule has 0 fully saturated rings. The molecule has 1 aromatic heterocycles. The molecule has 25 heavy (non-hydrogen) atoms. The second kappa shape index (κ2) is 7.21. The second-order valence-corrected chi connectivity index (χ2v) is 5.82. The topological polar surface area (TPSA) is 68.5 Å². The summed E-state index contributed by atoms with van der Waals surface area (Å²) in [6.07, 6.45) is 1.41. The number of aryl methyl sites for hydroxylation is 1. The Morgan fingerprint density at radius 1 is 1.12 bits per heavy atom. The van der Waals surface area contributed by atoms with Gasteiger partial charge in [0.1, 0.15) is 11.3 Å². The summed E-state index contributed by atoms with van der Waals surface area (Å²) < 4.78 is 10.1. The van der Waals surface area contributed by atoms with Gasteiger partial charge in [-0.1, -0.05) is 42.5 Å². The molecule has 1 N–H and O–H groups in total. The number of fused-ring (bicyclic) bond motifs is 1. The van der Waals surface area contributed by atoms with Crippen LogP contribution < -0.4 is 5.32 Å². The lowest BCUT2D eigenvalue weighted by Gasteiger charge is -2.16. The van der Waals surface area contributed by atoms with E-state index in [2.05, 4.69) is 5.32 Å². The fraction of sp³-hybridized carbons (Fsp3) is 0.200. The van der Waals surface area contributed by atoms with Crippen molar-refractivity contribution in [3.63, 3.8) is 0 Å². The Kier molecular flexibility index (Phi) is 4.84. The van der Waals surface area contributed by atoms with Crippen molar-refractivity contribution < 1.29 is 18.7 Å². The standard InChI is InChI=1S/C20H19NO4/c1-13(16-9-5-7-15-6-3-4-8-18(15)16)21-19(22)12-25-20(23)17-10-11-24-14(17)2/h3-11,13H,12H2,1-2H3,(H,21,22). The molecule has 0 aliphatic rings. The van der Waals surface area contributed by atoms with Gasteiger partial charge in [0.2, 0.25) is 0 Å². The van der Waals surface area contributed by atoms with Crippen LogP contribution in [0.1, 0.15) is 34.6 Å². The summed E-state index contributed by atoms with van der Waals surface area (Å²) in [5, 5.41) is 5.06. The Morgan fingerprint density at radius 3 is 2.64 bits per heavy atom. The summed E-state index contributed by atoms with van der Waals surface area (Å²) in [4.78, 5) is 24.0. The van der Waals surface area contributed by atoms with Crippen molar-refractivity contribution in [1.82, 2.24) is 5.32 Å². The highest BCUT2D eigenvalue weighted by molar-refractivity contribution is 5.92. The minimum absolute atomic E-state index is 0.201. The maximum absolute atomic E-state index is 12.1. The number of furan rings is 1. The summed E-state index contributed by atoms with van der Waals surface area (Å²) in [5.41, 5.74) is 1.35. The lowest BCUT2D eigenvalue weighted by molar-refractivity contribution is -0.124. The van der Waals surface area contributed by atoms with Crippen LogP contribution in [-0.2, 0) is 9.53 Å². The highest BCUT2D eigenvalue weighted by atomic mass is 16.5. The van der Waals surface area contributed by atoms with Gasteiger partial charge in [-0.25, -0.2) is 4.79 Å². The van der Waals surface area contributed by atoms with Crippen molar-refractivity contribution >= 4 is 22.6 Å². The molecule has 1 heterocycles. The molecule has 0 aliphatic heterocycles. The van der Waals surface area contributed by atoms with Gasteiger partial charge in [0.15, 0.2) is 6.61 Å². The lowest BCUT2D eigenvalue weighted by atomic mass is 10.00. The molecule has 0 saturated carbocycles. The van der Waals surface area contributed by atoms with E-state index in [4.69, 9.17) is 9.15 Å². The molecule has 1 atom stereocenters. The Morgan fingerprint density at radius 2 is 1.88 bits per heavy atom. The molecule has 3 rings (SSSR count). The Bertz CT molecular complexity index is 907. The molecule has 0 spiro atoms. The quantitative estimate of drug-likeness (QED) is 0.720. The molecule has 5 heteroatoms. The Balaban J connectivity index is 1.62. The van der Waals surface area contributed by atoms with Crippen LogP contribution >= 0.6 is 0 Å². The van der Waals surface area contributed by atoms with Gasteiger partial charge in [-0.15, -0.1) is 0 Å². The predicted octanol–water partition coefficient (Wildman–Crippen LogP) is 3.78. The normalized spacial score (nSPS) is 11.9. The number of carbonyl (C=O) groups excluding carboxylic acids is 2. The average Bonchev–Trinajstić information content (AvgIpc) is 3.05. The summed E-state index contributed by atoms with van der Waals surface area (Å²) >= 11 is 0. The molecule has 0 bridgehead atoms. The van der Waals surface area contributed by atoms with Crippen molar-refractivity contribution in [1.29, 1.82) is 0 Å². The van der Waals surface area contributed by atoms with E-state index >= 15 is 0 Å². The number of hydrogen-bond acceptors (Lipinski definition) is 4. The van der Waals surface area contributed by atoms with E-state index in [9.17, 15) is 9.59 Å². The van der Waals surface area contributed by atoms with Crippen molar-refractivity contribution in [2.45, 2.75) is 19.9 Å². The van der Waals surface area contributed by atoms with E-state index in [-0.39, 0.29) is 18.6 Å². The number of esters is 1. The number of rotatable bonds is 5. The van der Waals surface area contributed by atoms with Gasteiger partial charge in [-0.2, -0.15) is 0 Å². The molecule has 128 valence electrons. The molecule has 1 amide bonds. The van der Waals surface area contributed by atoms with E-state index in [1.807, 2.05) is 49.4 Å². The van der Waals surface area contributed by atoms with Gasteiger partial charge < -0.3 is 14.5 Å². The smallest absolute Gasteiger partial charge is 0.342 e. The molecule has 3 aromatic rings. The van der Waals surface area contributed by atoms with E-state index in [1.54, 1.807) is 6.92 Å². The van der Waals surface area contributed by atoms with Crippen molar-refractivity contribution in [2.75, 3.05) is 6.61 Å². The monoisotopic (exact) mass is 337 g/mol. The van der Waals surface area contributed by atoms with Crippen LogP contribution in [0.3, 0.4) is 0 Å². The van der Waals surface area contributed by atoms with E-state index in [0.29, 0.717) is 11.3 Å². The third-order valence-corrected chi connectivity index (χ3v) is 4.08. The van der Waals surface area contributed by atoms with Crippen molar-refractivity contribution in [3.05, 3.63) is 71.7 Å². The fourth-order valence-electron chi connectivity index (χ4n) is 2.79. The molecule has 0 radical (unpaired) electrons. The number of benzene rings is 2. The van der Waals surface area contributed by atoms with E-state index in [1.165, 1.54) is 12.3 Å². The first-order valence-corrected chi connectivity index (χ1v) is 8.04. The maximum Gasteiger partial charge on any atom is 0.342 e. The number of nitrogens with one attached hydrogen (secondary N) is 1. The third kappa shape index (κ3) is 3.71. The summed E-state index contributed by atoms with van der Waals surface area (Å²) in [5.74, 6) is -0.455. The largest absolute Gasteiger partial charge is 0.469 e. The predicted molar refractivity (Wildman–Crippen MR) is 94.2 cm³/mol. The van der Waals surface area contributed by atoms with Crippen LogP contribution in [0.15, 0.2) is 59.2 Å². The van der Waals surface area contributed by atoms with Crippen LogP contribution in [0, 0.1) is 6.92 Å². The van der Waals surface area contributed by atoms with E-state index in [0.717, 1.165) is 16.3 Å². The molecule has 5 nitrogen and oxygen atoms in total. The van der Waals surface area contributed by atoms with Crippen LogP contribution in [0.4, 0.5) is 0 Å². The Hall–Kier alpha value is -3.08. The van der Waals surface area contributed by atoms with Gasteiger partial charge in [0, 0.05) is 0 Å². The minimum Gasteiger partial charge on any atom is -0.469 e. The van der Waals surface area contributed by atoms with Crippen molar-refractivity contribution in [2.24, 2.45) is 0 Å². The highest BCUT2D eigenvalue weighted by Gasteiger charge is 2.16. The first kappa shape index (κ1) is 16.8. The Labute approximate surface area is 145 Å². The molecule has 1 unspecified atom stereocenters. The first-order valence-electron chi connectivity index (χ1n) is 8.04. The SMILES string of the molecule is Cc1occc1C(=O)OCC(=O)NC(C)c1cccc2ccccc12. The van der Waals surface area contributed by atoms with Gasteiger partial charge >= 0.3 is 5.97 Å². The van der Waals surface area contributed by atoms with Gasteiger partial charge in [-0.3, -0.25) is 4.79 Å². The summed E-state index contributed by atoms with van der Waals surface area (Å²) in [6.45, 7) is 3.24. The number of hydrogen-bond donors (Lipinski definition) is 1. The molecule has 0 saturated heterocycles. The summed E-state index contributed by atoms with van der Waals surface area (Å²) in [6, 6.07) is 15.3. The van der Waals surface area contributed by atoms with Gasteiger partial charge in [0.25, 0.3) is 5.91 Å². The number of carbonyl (C=O) groups is 2. The van der Waals surface area contributed by atoms with Crippen LogP contribution in [0.2, 0.25) is 0 Å². The van der Waals surface area contributed by atoms with Crippen molar-refractivity contribution in [3.8, 4) is 0 Å². The zero-order valence-corrected chi connectivity index (χ0v) is 14.1. The molecular weight excluding hydrogens is 318 g/mol. The van der Waals surface area contributed by atoms with Crippen LogP contribution in [-0.4, -0.2) is 18.5 Å². The second-order valence-electron chi connectivity index (χ2n) is 5.82. The third-order valence-electron chi connectivity index (χ3n) is 4.08. The van der Waals surface area contributed by atoms with Gasteiger partial charge in [0.05, 0.1) is 12.3 Å². The minimum atomic E-state index is -0.570. The molecule has 0 aliphatic carbocycles. The van der Waals surface area contributed by atoms with E-state index < -0.39 is 5.97 Å². The number of ether oxygens (including phenoxy) is 1. The molecular formula is C20H19NO4.